The number of hydrogen-bond acceptors (Lipinski definition) is 5. The molecule has 0 aliphatic rings. The molecular formula is C20H21ClN4O2S. The normalized spacial score (nSPS) is 11.0. The van der Waals surface area contributed by atoms with Crippen LogP contribution in [-0.2, 0) is 16.0 Å². The molecule has 0 fully saturated rings. The van der Waals surface area contributed by atoms with Gasteiger partial charge in [0.05, 0.1) is 39.0 Å². The Hall–Kier alpha value is -2.48. The predicted octanol–water partition coefficient (Wildman–Crippen LogP) is 3.18. The van der Waals surface area contributed by atoms with Crippen LogP contribution < -0.4 is 10.6 Å². The number of carbonyl (C=O) groups is 2. The Morgan fingerprint density at radius 1 is 1.07 bits per heavy atom. The zero-order valence-corrected chi connectivity index (χ0v) is 17.0. The van der Waals surface area contributed by atoms with Gasteiger partial charge in [-0.25, -0.2) is 4.98 Å². The quantitative estimate of drug-likeness (QED) is 0.591. The minimum atomic E-state index is -0.224. The molecule has 0 aliphatic carbocycles. The summed E-state index contributed by atoms with van der Waals surface area (Å²) < 4.78 is 1.15. The second-order valence-electron chi connectivity index (χ2n) is 6.38. The molecule has 0 aliphatic heterocycles. The van der Waals surface area contributed by atoms with Gasteiger partial charge in [0.25, 0.3) is 0 Å². The average Bonchev–Trinajstić information content (AvgIpc) is 3.06. The summed E-state index contributed by atoms with van der Waals surface area (Å²) in [5, 5.41) is 7.08. The third-order valence-corrected chi connectivity index (χ3v) is 5.40. The van der Waals surface area contributed by atoms with Gasteiger partial charge in [-0.1, -0.05) is 35.9 Å². The molecule has 146 valence electrons. The van der Waals surface area contributed by atoms with Crippen LogP contribution in [0.5, 0.6) is 0 Å². The van der Waals surface area contributed by atoms with Crippen LogP contribution >= 0.6 is 22.9 Å². The number of carbonyl (C=O) groups excluding carboxylic acids is 2. The summed E-state index contributed by atoms with van der Waals surface area (Å²) >= 11 is 7.66. The van der Waals surface area contributed by atoms with E-state index in [1.54, 1.807) is 47.5 Å². The second-order valence-corrected chi connectivity index (χ2v) is 7.90. The highest BCUT2D eigenvalue weighted by Gasteiger charge is 2.12. The Bertz CT molecular complexity index is 943. The standard InChI is InChI=1S/C20H21ClN4O2S/c1-25(13-19(27)23-15-7-3-2-6-14(15)21)12-18(26)22-11-10-20-24-16-8-4-5-9-17(16)28-20/h2-9H,10-13H2,1H3,(H,22,26)(H,23,27). The number of anilines is 1. The number of nitrogens with one attached hydrogen (secondary N) is 2. The van der Waals surface area contributed by atoms with Gasteiger partial charge < -0.3 is 10.6 Å². The first-order chi connectivity index (χ1) is 13.5. The summed E-state index contributed by atoms with van der Waals surface area (Å²) in [5.41, 5.74) is 1.54. The Morgan fingerprint density at radius 3 is 2.57 bits per heavy atom. The number of rotatable bonds is 8. The Morgan fingerprint density at radius 2 is 1.79 bits per heavy atom. The van der Waals surface area contributed by atoms with Gasteiger partial charge in [0.15, 0.2) is 0 Å². The van der Waals surface area contributed by atoms with Gasteiger partial charge in [-0.2, -0.15) is 0 Å². The highest BCUT2D eigenvalue weighted by Crippen LogP contribution is 2.21. The van der Waals surface area contributed by atoms with Crippen molar-refractivity contribution in [2.45, 2.75) is 6.42 Å². The molecule has 2 N–H and O–H groups in total. The van der Waals surface area contributed by atoms with Crippen molar-refractivity contribution in [2.24, 2.45) is 0 Å². The molecule has 3 rings (SSSR count). The van der Waals surface area contributed by atoms with Crippen LogP contribution in [0, 0.1) is 0 Å². The molecule has 3 aromatic rings. The van der Waals surface area contributed by atoms with Gasteiger partial charge >= 0.3 is 0 Å². The molecular weight excluding hydrogens is 396 g/mol. The molecule has 0 saturated heterocycles. The summed E-state index contributed by atoms with van der Waals surface area (Å²) in [6.45, 7) is 0.741. The molecule has 2 aromatic carbocycles. The van der Waals surface area contributed by atoms with E-state index in [-0.39, 0.29) is 24.9 Å². The fraction of sp³-hybridized carbons (Fsp3) is 0.250. The van der Waals surface area contributed by atoms with E-state index in [2.05, 4.69) is 15.6 Å². The maximum atomic E-state index is 12.1. The summed E-state index contributed by atoms with van der Waals surface area (Å²) in [6.07, 6.45) is 0.682. The topological polar surface area (TPSA) is 74.3 Å². The highest BCUT2D eigenvalue weighted by molar-refractivity contribution is 7.18. The van der Waals surface area contributed by atoms with Crippen LogP contribution in [0.2, 0.25) is 5.02 Å². The van der Waals surface area contributed by atoms with E-state index in [1.165, 1.54) is 0 Å². The van der Waals surface area contributed by atoms with E-state index in [4.69, 9.17) is 11.6 Å². The lowest BCUT2D eigenvalue weighted by atomic mass is 10.3. The van der Waals surface area contributed by atoms with Crippen LogP contribution in [0.15, 0.2) is 48.5 Å². The minimum Gasteiger partial charge on any atom is -0.355 e. The Labute approximate surface area is 172 Å². The van der Waals surface area contributed by atoms with Crippen LogP contribution in [0.3, 0.4) is 0 Å². The number of benzene rings is 2. The van der Waals surface area contributed by atoms with Gasteiger partial charge in [-0.05, 0) is 31.3 Å². The molecule has 1 aromatic heterocycles. The molecule has 28 heavy (non-hydrogen) atoms. The van der Waals surface area contributed by atoms with Crippen LogP contribution in [-0.4, -0.2) is 48.4 Å². The average molecular weight is 417 g/mol. The molecule has 8 heteroatoms. The lowest BCUT2D eigenvalue weighted by Crippen LogP contribution is -2.39. The molecule has 2 amide bonds. The van der Waals surface area contributed by atoms with Gasteiger partial charge in [0.1, 0.15) is 0 Å². The zero-order chi connectivity index (χ0) is 19.9. The van der Waals surface area contributed by atoms with Crippen LogP contribution in [0.25, 0.3) is 10.2 Å². The predicted molar refractivity (Wildman–Crippen MR) is 114 cm³/mol. The molecule has 0 radical (unpaired) electrons. The van der Waals surface area contributed by atoms with Crippen molar-refractivity contribution in [3.8, 4) is 0 Å². The number of aromatic nitrogens is 1. The molecule has 0 unspecified atom stereocenters. The summed E-state index contributed by atoms with van der Waals surface area (Å²) in [7, 11) is 1.72. The number of thiazole rings is 1. The smallest absolute Gasteiger partial charge is 0.238 e. The highest BCUT2D eigenvalue weighted by atomic mass is 35.5. The van der Waals surface area contributed by atoms with Gasteiger partial charge in [-0.15, -0.1) is 11.3 Å². The first-order valence-corrected chi connectivity index (χ1v) is 10.0. The number of nitrogens with zero attached hydrogens (tertiary/aromatic N) is 2. The third kappa shape index (κ3) is 5.76. The second kappa shape index (κ2) is 9.64. The third-order valence-electron chi connectivity index (χ3n) is 3.97. The van der Waals surface area contributed by atoms with Crippen LogP contribution in [0.4, 0.5) is 5.69 Å². The summed E-state index contributed by atoms with van der Waals surface area (Å²) in [5.74, 6) is -0.355. The number of hydrogen-bond donors (Lipinski definition) is 2. The van der Waals surface area contributed by atoms with E-state index in [9.17, 15) is 9.59 Å². The van der Waals surface area contributed by atoms with Crippen LogP contribution in [0.1, 0.15) is 5.01 Å². The summed E-state index contributed by atoms with van der Waals surface area (Å²) in [4.78, 5) is 30.4. The number of amides is 2. The van der Waals surface area contributed by atoms with Gasteiger partial charge in [-0.3, -0.25) is 14.5 Å². The van der Waals surface area contributed by atoms with E-state index in [0.717, 1.165) is 15.2 Å². The van der Waals surface area contributed by atoms with Gasteiger partial charge in [0.2, 0.25) is 11.8 Å². The summed E-state index contributed by atoms with van der Waals surface area (Å²) in [6, 6.07) is 15.0. The molecule has 1 heterocycles. The number of para-hydroxylation sites is 2. The van der Waals surface area contributed by atoms with Crippen molar-refractivity contribution in [1.29, 1.82) is 0 Å². The van der Waals surface area contributed by atoms with E-state index < -0.39 is 0 Å². The van der Waals surface area contributed by atoms with Crippen molar-refractivity contribution in [3.63, 3.8) is 0 Å². The first kappa shape index (κ1) is 20.3. The molecule has 0 atom stereocenters. The van der Waals surface area contributed by atoms with Crippen molar-refractivity contribution in [2.75, 3.05) is 32.0 Å². The SMILES string of the molecule is CN(CC(=O)NCCc1nc2ccccc2s1)CC(=O)Nc1ccccc1Cl. The van der Waals surface area contributed by atoms with Crippen molar-refractivity contribution < 1.29 is 9.59 Å². The number of halogens is 1. The lowest BCUT2D eigenvalue weighted by molar-refractivity contribution is -0.122. The first-order valence-electron chi connectivity index (χ1n) is 8.85. The Balaban J connectivity index is 1.39. The number of likely N-dealkylation sites (N-methyl/N-ethyl adjacent to an activating group) is 1. The van der Waals surface area contributed by atoms with E-state index >= 15 is 0 Å². The largest absolute Gasteiger partial charge is 0.355 e. The van der Waals surface area contributed by atoms with Gasteiger partial charge in [0, 0.05) is 13.0 Å². The molecule has 0 bridgehead atoms. The molecule has 0 spiro atoms. The fourth-order valence-corrected chi connectivity index (χ4v) is 3.84. The minimum absolute atomic E-state index is 0.0938. The monoisotopic (exact) mass is 416 g/mol. The molecule has 6 nitrogen and oxygen atoms in total. The van der Waals surface area contributed by atoms with E-state index in [1.807, 2.05) is 24.3 Å². The Kier molecular flexibility index (Phi) is 6.97. The fourth-order valence-electron chi connectivity index (χ4n) is 2.69. The maximum absolute atomic E-state index is 12.1. The molecule has 0 saturated carbocycles. The zero-order valence-electron chi connectivity index (χ0n) is 15.4. The maximum Gasteiger partial charge on any atom is 0.238 e. The lowest BCUT2D eigenvalue weighted by Gasteiger charge is -2.16. The van der Waals surface area contributed by atoms with E-state index in [0.29, 0.717) is 23.7 Å². The number of fused-ring (bicyclic) bond motifs is 1. The van der Waals surface area contributed by atoms with Crippen molar-refractivity contribution in [1.82, 2.24) is 15.2 Å². The van der Waals surface area contributed by atoms with Crippen molar-refractivity contribution >= 4 is 50.7 Å². The van der Waals surface area contributed by atoms with Crippen molar-refractivity contribution in [3.05, 3.63) is 58.6 Å².